The number of hydrogen-bond donors (Lipinski definition) is 1. The average molecular weight is 260 g/mol. The van der Waals surface area contributed by atoms with Crippen molar-refractivity contribution < 1.29 is 0 Å². The van der Waals surface area contributed by atoms with Crippen LogP contribution in [0.1, 0.15) is 70.2 Å². The summed E-state index contributed by atoms with van der Waals surface area (Å²) in [4.78, 5) is 4.20. The maximum atomic E-state index is 9.45. The second-order valence-electron chi connectivity index (χ2n) is 5.74. The summed E-state index contributed by atoms with van der Waals surface area (Å²) >= 11 is 0. The van der Waals surface area contributed by atoms with Crippen LogP contribution in [0.25, 0.3) is 0 Å². The van der Waals surface area contributed by atoms with E-state index in [0.717, 1.165) is 5.69 Å². The van der Waals surface area contributed by atoms with Crippen molar-refractivity contribution in [3.8, 4) is 6.07 Å². The largest absolute Gasteiger partial charge is 0.330 e. The molecule has 19 heavy (non-hydrogen) atoms. The van der Waals surface area contributed by atoms with Crippen molar-refractivity contribution in [1.82, 2.24) is 14.9 Å². The maximum absolute atomic E-state index is 9.45. The molecule has 1 aliphatic carbocycles. The lowest BCUT2D eigenvalue weighted by Crippen LogP contribution is -2.33. The molecule has 2 rings (SSSR count). The van der Waals surface area contributed by atoms with E-state index in [9.17, 15) is 5.26 Å². The summed E-state index contributed by atoms with van der Waals surface area (Å²) in [6, 6.07) is 2.96. The zero-order valence-electron chi connectivity index (χ0n) is 12.0. The summed E-state index contributed by atoms with van der Waals surface area (Å²) in [6.07, 6.45) is 11.2. The van der Waals surface area contributed by atoms with Crippen LogP contribution in [0, 0.1) is 11.3 Å². The fraction of sp³-hybridized carbons (Fsp3) is 0.733. The van der Waals surface area contributed by atoms with E-state index in [0.29, 0.717) is 12.1 Å². The first-order valence-corrected chi connectivity index (χ1v) is 7.39. The lowest BCUT2D eigenvalue weighted by molar-refractivity contribution is 0.420. The van der Waals surface area contributed by atoms with E-state index in [4.69, 9.17) is 0 Å². The summed E-state index contributed by atoms with van der Waals surface area (Å²) in [5, 5.41) is 13.0. The molecule has 1 unspecified atom stereocenters. The molecule has 1 saturated carbocycles. The van der Waals surface area contributed by atoms with Crippen LogP contribution in [-0.2, 0) is 0 Å². The molecule has 1 fully saturated rings. The topological polar surface area (TPSA) is 53.6 Å². The summed E-state index contributed by atoms with van der Waals surface area (Å²) in [6.45, 7) is 4.23. The number of aromatic nitrogens is 2. The van der Waals surface area contributed by atoms with Crippen molar-refractivity contribution in [2.45, 2.75) is 70.5 Å². The quantitative estimate of drug-likeness (QED) is 0.845. The minimum atomic E-state index is -0.243. The van der Waals surface area contributed by atoms with Crippen molar-refractivity contribution in [2.75, 3.05) is 0 Å². The molecule has 1 aromatic heterocycles. The van der Waals surface area contributed by atoms with Crippen LogP contribution in [0.5, 0.6) is 0 Å². The average Bonchev–Trinajstić information content (AvgIpc) is 2.74. The van der Waals surface area contributed by atoms with Gasteiger partial charge in [0.2, 0.25) is 0 Å². The highest BCUT2D eigenvalue weighted by Crippen LogP contribution is 2.22. The molecule has 1 aliphatic rings. The smallest absolute Gasteiger partial charge is 0.138 e. The van der Waals surface area contributed by atoms with E-state index in [1.807, 2.05) is 12.5 Å². The molecule has 0 amide bonds. The molecule has 0 radical (unpaired) electrons. The molecule has 0 bridgehead atoms. The zero-order valence-corrected chi connectivity index (χ0v) is 12.0. The van der Waals surface area contributed by atoms with Crippen LogP contribution < -0.4 is 5.32 Å². The normalized spacial score (nSPS) is 19.1. The fourth-order valence-corrected chi connectivity index (χ4v) is 2.84. The van der Waals surface area contributed by atoms with E-state index < -0.39 is 0 Å². The van der Waals surface area contributed by atoms with Gasteiger partial charge in [-0.1, -0.05) is 25.7 Å². The van der Waals surface area contributed by atoms with Gasteiger partial charge in [0, 0.05) is 12.1 Å². The molecular formula is C15H24N4. The van der Waals surface area contributed by atoms with Crippen LogP contribution in [0.15, 0.2) is 12.5 Å². The molecular weight excluding hydrogens is 236 g/mol. The third-order valence-electron chi connectivity index (χ3n) is 3.93. The molecule has 4 heteroatoms. The highest BCUT2D eigenvalue weighted by Gasteiger charge is 2.21. The van der Waals surface area contributed by atoms with Crippen LogP contribution in [0.4, 0.5) is 0 Å². The Morgan fingerprint density at radius 1 is 1.32 bits per heavy atom. The number of nitriles is 1. The first-order chi connectivity index (χ1) is 9.22. The minimum absolute atomic E-state index is 0.243. The molecule has 0 spiro atoms. The number of nitrogens with one attached hydrogen (secondary N) is 1. The Labute approximate surface area is 115 Å². The Hall–Kier alpha value is -1.34. The van der Waals surface area contributed by atoms with Crippen LogP contribution in [0.3, 0.4) is 0 Å². The van der Waals surface area contributed by atoms with E-state index in [1.165, 1.54) is 38.5 Å². The predicted octanol–water partition coefficient (Wildman–Crippen LogP) is 3.34. The van der Waals surface area contributed by atoms with Crippen molar-refractivity contribution in [1.29, 1.82) is 5.26 Å². The second-order valence-corrected chi connectivity index (χ2v) is 5.74. The molecule has 4 nitrogen and oxygen atoms in total. The number of imidazole rings is 1. The highest BCUT2D eigenvalue weighted by atomic mass is 15.1. The maximum Gasteiger partial charge on any atom is 0.138 e. The van der Waals surface area contributed by atoms with Crippen LogP contribution in [0.2, 0.25) is 0 Å². The molecule has 1 atom stereocenters. The molecule has 1 aromatic rings. The SMILES string of the molecule is CC(C)n1cncc1C(C#N)NC1CCCCCC1. The van der Waals surface area contributed by atoms with Gasteiger partial charge in [0.05, 0.1) is 24.3 Å². The van der Waals surface area contributed by atoms with E-state index in [-0.39, 0.29) is 6.04 Å². The highest BCUT2D eigenvalue weighted by molar-refractivity contribution is 5.15. The number of nitrogens with zero attached hydrogens (tertiary/aromatic N) is 3. The molecule has 0 aliphatic heterocycles. The Balaban J connectivity index is 2.07. The van der Waals surface area contributed by atoms with Gasteiger partial charge in [-0.3, -0.25) is 5.32 Å². The van der Waals surface area contributed by atoms with Gasteiger partial charge >= 0.3 is 0 Å². The van der Waals surface area contributed by atoms with Gasteiger partial charge in [0.1, 0.15) is 6.04 Å². The van der Waals surface area contributed by atoms with Gasteiger partial charge in [0.15, 0.2) is 0 Å². The zero-order chi connectivity index (χ0) is 13.7. The summed E-state index contributed by atoms with van der Waals surface area (Å²) in [5.74, 6) is 0. The Bertz CT molecular complexity index is 422. The second kappa shape index (κ2) is 6.72. The Kier molecular flexibility index (Phi) is 4.98. The van der Waals surface area contributed by atoms with Crippen molar-refractivity contribution >= 4 is 0 Å². The molecule has 0 saturated heterocycles. The van der Waals surface area contributed by atoms with Crippen molar-refractivity contribution in [3.63, 3.8) is 0 Å². The van der Waals surface area contributed by atoms with Crippen molar-refractivity contribution in [2.24, 2.45) is 0 Å². The van der Waals surface area contributed by atoms with E-state index >= 15 is 0 Å². The van der Waals surface area contributed by atoms with E-state index in [1.54, 1.807) is 0 Å². The predicted molar refractivity (Wildman–Crippen MR) is 75.6 cm³/mol. The third kappa shape index (κ3) is 3.57. The summed E-state index contributed by atoms with van der Waals surface area (Å²) < 4.78 is 2.08. The van der Waals surface area contributed by atoms with Gasteiger partial charge in [-0.15, -0.1) is 0 Å². The number of hydrogen-bond acceptors (Lipinski definition) is 3. The Morgan fingerprint density at radius 2 is 2.00 bits per heavy atom. The monoisotopic (exact) mass is 260 g/mol. The lowest BCUT2D eigenvalue weighted by Gasteiger charge is -2.22. The van der Waals surface area contributed by atoms with Crippen LogP contribution in [-0.4, -0.2) is 15.6 Å². The van der Waals surface area contributed by atoms with Gasteiger partial charge in [-0.25, -0.2) is 4.98 Å². The number of rotatable bonds is 4. The summed E-state index contributed by atoms with van der Waals surface area (Å²) in [7, 11) is 0. The first-order valence-electron chi connectivity index (χ1n) is 7.39. The van der Waals surface area contributed by atoms with Gasteiger partial charge in [-0.05, 0) is 26.7 Å². The fourth-order valence-electron chi connectivity index (χ4n) is 2.84. The molecule has 0 aromatic carbocycles. The molecule has 104 valence electrons. The molecule has 1 heterocycles. The van der Waals surface area contributed by atoms with Gasteiger partial charge in [0.25, 0.3) is 0 Å². The first kappa shape index (κ1) is 14.1. The third-order valence-corrected chi connectivity index (χ3v) is 3.93. The van der Waals surface area contributed by atoms with Crippen molar-refractivity contribution in [3.05, 3.63) is 18.2 Å². The molecule has 1 N–H and O–H groups in total. The standard InChI is InChI=1S/C15H24N4/c1-12(2)19-11-17-10-15(19)14(9-16)18-13-7-5-3-4-6-8-13/h10-14,18H,3-8H2,1-2H3. The van der Waals surface area contributed by atoms with Gasteiger partial charge < -0.3 is 4.57 Å². The Morgan fingerprint density at radius 3 is 2.58 bits per heavy atom. The minimum Gasteiger partial charge on any atom is -0.330 e. The van der Waals surface area contributed by atoms with E-state index in [2.05, 4.69) is 34.8 Å². The van der Waals surface area contributed by atoms with Crippen LogP contribution >= 0.6 is 0 Å². The summed E-state index contributed by atoms with van der Waals surface area (Å²) in [5.41, 5.74) is 0.988. The van der Waals surface area contributed by atoms with Gasteiger partial charge in [-0.2, -0.15) is 5.26 Å². The lowest BCUT2D eigenvalue weighted by atomic mass is 10.1.